The SMILES string of the molecule is CC(C)CCC(=O)Nc1ccc(S(=O)(=O)Cl)c(Br)c1. The normalized spacial score (nSPS) is 11.6. The molecule has 0 radical (unpaired) electrons. The average molecular weight is 369 g/mol. The lowest BCUT2D eigenvalue weighted by molar-refractivity contribution is -0.116. The third-order valence-electron chi connectivity index (χ3n) is 2.43. The van der Waals surface area contributed by atoms with Crippen LogP contribution in [0.1, 0.15) is 26.7 Å². The van der Waals surface area contributed by atoms with E-state index in [1.54, 1.807) is 0 Å². The Morgan fingerprint density at radius 2 is 2.05 bits per heavy atom. The zero-order chi connectivity index (χ0) is 14.6. The largest absolute Gasteiger partial charge is 0.326 e. The van der Waals surface area contributed by atoms with Crippen molar-refractivity contribution in [2.24, 2.45) is 5.92 Å². The van der Waals surface area contributed by atoms with Crippen LogP contribution < -0.4 is 5.32 Å². The second-order valence-electron chi connectivity index (χ2n) is 4.56. The van der Waals surface area contributed by atoms with Crippen molar-refractivity contribution in [2.45, 2.75) is 31.6 Å². The van der Waals surface area contributed by atoms with E-state index in [4.69, 9.17) is 10.7 Å². The van der Waals surface area contributed by atoms with E-state index in [1.165, 1.54) is 18.2 Å². The molecule has 0 saturated carbocycles. The zero-order valence-corrected chi connectivity index (χ0v) is 13.8. The van der Waals surface area contributed by atoms with Crippen molar-refractivity contribution < 1.29 is 13.2 Å². The number of benzene rings is 1. The molecule has 1 rings (SSSR count). The number of nitrogens with one attached hydrogen (secondary N) is 1. The van der Waals surface area contributed by atoms with Crippen LogP contribution in [0.4, 0.5) is 5.69 Å². The summed E-state index contributed by atoms with van der Waals surface area (Å²) in [5.74, 6) is 0.364. The Morgan fingerprint density at radius 3 is 2.53 bits per heavy atom. The fraction of sp³-hybridized carbons (Fsp3) is 0.417. The number of anilines is 1. The van der Waals surface area contributed by atoms with Crippen LogP contribution in [0.5, 0.6) is 0 Å². The van der Waals surface area contributed by atoms with Gasteiger partial charge in [-0.25, -0.2) is 8.42 Å². The van der Waals surface area contributed by atoms with Crippen molar-refractivity contribution in [1.29, 1.82) is 0 Å². The molecule has 7 heteroatoms. The highest BCUT2D eigenvalue weighted by molar-refractivity contribution is 9.10. The van der Waals surface area contributed by atoms with Crippen LogP contribution in [-0.4, -0.2) is 14.3 Å². The number of amides is 1. The minimum Gasteiger partial charge on any atom is -0.326 e. The monoisotopic (exact) mass is 367 g/mol. The van der Waals surface area contributed by atoms with E-state index in [9.17, 15) is 13.2 Å². The molecule has 19 heavy (non-hydrogen) atoms. The molecule has 0 spiro atoms. The number of carbonyl (C=O) groups is 1. The van der Waals surface area contributed by atoms with E-state index in [-0.39, 0.29) is 10.8 Å². The van der Waals surface area contributed by atoms with Gasteiger partial charge in [-0.1, -0.05) is 13.8 Å². The molecule has 0 fully saturated rings. The second-order valence-corrected chi connectivity index (χ2v) is 7.95. The zero-order valence-electron chi connectivity index (χ0n) is 10.6. The van der Waals surface area contributed by atoms with Gasteiger partial charge >= 0.3 is 0 Å². The number of carbonyl (C=O) groups excluding carboxylic acids is 1. The highest BCUT2D eigenvalue weighted by Crippen LogP contribution is 2.28. The van der Waals surface area contributed by atoms with Gasteiger partial charge < -0.3 is 5.32 Å². The van der Waals surface area contributed by atoms with E-state index in [0.717, 1.165) is 6.42 Å². The number of rotatable bonds is 5. The predicted octanol–water partition coefficient (Wildman–Crippen LogP) is 3.75. The minimum atomic E-state index is -3.79. The lowest BCUT2D eigenvalue weighted by Gasteiger charge is -2.08. The van der Waals surface area contributed by atoms with Gasteiger partial charge in [0, 0.05) is 27.3 Å². The summed E-state index contributed by atoms with van der Waals surface area (Å²) in [5.41, 5.74) is 0.532. The van der Waals surface area contributed by atoms with Crippen molar-refractivity contribution in [3.8, 4) is 0 Å². The molecular weight excluding hydrogens is 354 g/mol. The molecular formula is C12H15BrClNO3S. The Labute approximate surface area is 126 Å². The van der Waals surface area contributed by atoms with Crippen molar-refractivity contribution in [2.75, 3.05) is 5.32 Å². The number of hydrogen-bond donors (Lipinski definition) is 1. The fourth-order valence-corrected chi connectivity index (χ4v) is 3.64. The van der Waals surface area contributed by atoms with Crippen LogP contribution in [0.3, 0.4) is 0 Å². The van der Waals surface area contributed by atoms with Gasteiger partial charge in [-0.15, -0.1) is 0 Å². The summed E-state index contributed by atoms with van der Waals surface area (Å²) in [7, 11) is 1.47. The molecule has 0 aromatic heterocycles. The topological polar surface area (TPSA) is 63.2 Å². The van der Waals surface area contributed by atoms with Crippen molar-refractivity contribution in [1.82, 2.24) is 0 Å². The Bertz CT molecular complexity index is 572. The molecule has 1 aromatic carbocycles. The van der Waals surface area contributed by atoms with Crippen LogP contribution in [0.15, 0.2) is 27.6 Å². The molecule has 0 saturated heterocycles. The summed E-state index contributed by atoms with van der Waals surface area (Å²) in [6.07, 6.45) is 1.24. The van der Waals surface area contributed by atoms with E-state index in [1.807, 2.05) is 13.8 Å². The lowest BCUT2D eigenvalue weighted by atomic mass is 10.1. The first-order valence-corrected chi connectivity index (χ1v) is 8.84. The maximum Gasteiger partial charge on any atom is 0.262 e. The molecule has 0 unspecified atom stereocenters. The van der Waals surface area contributed by atoms with E-state index in [0.29, 0.717) is 22.5 Å². The van der Waals surface area contributed by atoms with Crippen LogP contribution in [-0.2, 0) is 13.8 Å². The molecule has 0 aliphatic heterocycles. The van der Waals surface area contributed by atoms with Crippen molar-refractivity contribution in [3.63, 3.8) is 0 Å². The van der Waals surface area contributed by atoms with Crippen LogP contribution in [0.2, 0.25) is 0 Å². The summed E-state index contributed by atoms with van der Waals surface area (Å²) >= 11 is 3.12. The maximum absolute atomic E-state index is 11.6. The van der Waals surface area contributed by atoms with Gasteiger partial charge in [0.2, 0.25) is 5.91 Å². The van der Waals surface area contributed by atoms with Gasteiger partial charge in [-0.3, -0.25) is 4.79 Å². The van der Waals surface area contributed by atoms with Crippen LogP contribution in [0.25, 0.3) is 0 Å². The smallest absolute Gasteiger partial charge is 0.262 e. The van der Waals surface area contributed by atoms with Gasteiger partial charge in [0.1, 0.15) is 0 Å². The second kappa shape index (κ2) is 6.72. The van der Waals surface area contributed by atoms with Gasteiger partial charge in [-0.05, 0) is 46.5 Å². The van der Waals surface area contributed by atoms with Gasteiger partial charge in [0.25, 0.3) is 9.05 Å². The third kappa shape index (κ3) is 5.50. The summed E-state index contributed by atoms with van der Waals surface area (Å²) < 4.78 is 22.7. The number of halogens is 2. The van der Waals surface area contributed by atoms with E-state index in [2.05, 4.69) is 21.2 Å². The average Bonchev–Trinajstić information content (AvgIpc) is 2.24. The fourth-order valence-electron chi connectivity index (χ4n) is 1.42. The van der Waals surface area contributed by atoms with Crippen LogP contribution in [0, 0.1) is 5.92 Å². The first-order chi connectivity index (χ1) is 8.70. The van der Waals surface area contributed by atoms with Crippen molar-refractivity contribution in [3.05, 3.63) is 22.7 Å². The molecule has 0 aliphatic carbocycles. The molecule has 1 N–H and O–H groups in total. The Kier molecular flexibility index (Phi) is 5.82. The van der Waals surface area contributed by atoms with E-state index < -0.39 is 9.05 Å². The molecule has 0 atom stereocenters. The maximum atomic E-state index is 11.6. The number of hydrogen-bond acceptors (Lipinski definition) is 3. The van der Waals surface area contributed by atoms with Crippen LogP contribution >= 0.6 is 26.6 Å². The Hall–Kier alpha value is -0.590. The van der Waals surface area contributed by atoms with Gasteiger partial charge in [-0.2, -0.15) is 0 Å². The lowest BCUT2D eigenvalue weighted by Crippen LogP contribution is -2.12. The summed E-state index contributed by atoms with van der Waals surface area (Å²) in [6, 6.07) is 4.38. The molecule has 1 amide bonds. The molecule has 106 valence electrons. The van der Waals surface area contributed by atoms with Gasteiger partial charge in [0.05, 0.1) is 4.90 Å². The summed E-state index contributed by atoms with van der Waals surface area (Å²) in [4.78, 5) is 11.6. The summed E-state index contributed by atoms with van der Waals surface area (Å²) in [6.45, 7) is 4.09. The standard InChI is InChI=1S/C12H15BrClNO3S/c1-8(2)3-6-12(16)15-9-4-5-11(10(13)7-9)19(14,17)18/h4-5,7-8H,3,6H2,1-2H3,(H,15,16). The first kappa shape index (κ1) is 16.5. The molecule has 1 aromatic rings. The van der Waals surface area contributed by atoms with Gasteiger partial charge in [0.15, 0.2) is 0 Å². The first-order valence-electron chi connectivity index (χ1n) is 5.74. The van der Waals surface area contributed by atoms with E-state index >= 15 is 0 Å². The molecule has 0 heterocycles. The predicted molar refractivity (Wildman–Crippen MR) is 79.9 cm³/mol. The quantitative estimate of drug-likeness (QED) is 0.805. The molecule has 0 bridgehead atoms. The third-order valence-corrected chi connectivity index (χ3v) is 4.73. The highest BCUT2D eigenvalue weighted by atomic mass is 79.9. The molecule has 0 aliphatic rings. The summed E-state index contributed by atoms with van der Waals surface area (Å²) in [5, 5.41) is 2.71. The highest BCUT2D eigenvalue weighted by Gasteiger charge is 2.15. The van der Waals surface area contributed by atoms with Crippen molar-refractivity contribution >= 4 is 47.3 Å². The Morgan fingerprint density at radius 1 is 1.42 bits per heavy atom. The minimum absolute atomic E-state index is 0.0191. The molecule has 4 nitrogen and oxygen atoms in total. The Balaban J connectivity index is 2.77.